The molecule has 1 heterocycles. The van der Waals surface area contributed by atoms with E-state index in [1.807, 2.05) is 25.1 Å². The summed E-state index contributed by atoms with van der Waals surface area (Å²) in [4.78, 5) is 30.1. The van der Waals surface area contributed by atoms with Crippen LogP contribution in [0.25, 0.3) is 0 Å². The van der Waals surface area contributed by atoms with E-state index in [9.17, 15) is 9.59 Å². The molecule has 1 aliphatic carbocycles. The molecule has 0 amide bonds. The minimum atomic E-state index is -0.587. The molecule has 0 radical (unpaired) electrons. The number of halogens is 1. The minimum Gasteiger partial charge on any atom is -0.496 e. The number of carbonyl (C=O) groups excluding carboxylic acids is 2. The van der Waals surface area contributed by atoms with Crippen LogP contribution in [0, 0.1) is 5.92 Å². The number of hydrogen-bond acceptors (Lipinski definition) is 5. The first kappa shape index (κ1) is 18.8. The van der Waals surface area contributed by atoms with Crippen molar-refractivity contribution < 1.29 is 19.1 Å². The van der Waals surface area contributed by atoms with E-state index in [1.54, 1.807) is 14.0 Å². The highest BCUT2D eigenvalue weighted by atomic mass is 79.9. The third kappa shape index (κ3) is 3.34. The van der Waals surface area contributed by atoms with Crippen molar-refractivity contribution in [2.24, 2.45) is 10.9 Å². The van der Waals surface area contributed by atoms with E-state index in [0.717, 1.165) is 28.6 Å². The molecule has 0 bridgehead atoms. The standard InChI is InChI=1S/C20H22BrNO4/c1-4-26-20(24)17-11(2)22-14-6-5-7-15(23)19(14)18(17)12-8-9-16(25-3)13(21)10-12/h8-10,17-18H,4-7H2,1-3H3/t17?,18-/m0/s1. The highest BCUT2D eigenvalue weighted by molar-refractivity contribution is 9.10. The molecule has 3 rings (SSSR count). The summed E-state index contributed by atoms with van der Waals surface area (Å²) in [5.74, 6) is -0.524. The number of allylic oxidation sites excluding steroid dienone is 2. The van der Waals surface area contributed by atoms with Crippen LogP contribution in [0.3, 0.4) is 0 Å². The van der Waals surface area contributed by atoms with Gasteiger partial charge in [0.25, 0.3) is 0 Å². The van der Waals surface area contributed by atoms with Crippen LogP contribution >= 0.6 is 15.9 Å². The molecule has 0 N–H and O–H groups in total. The van der Waals surface area contributed by atoms with Crippen LogP contribution in [0.4, 0.5) is 0 Å². The Labute approximate surface area is 161 Å². The zero-order valence-electron chi connectivity index (χ0n) is 15.2. The molecule has 6 heteroatoms. The molecule has 0 spiro atoms. The van der Waals surface area contributed by atoms with Crippen molar-refractivity contribution >= 4 is 33.4 Å². The predicted octanol–water partition coefficient (Wildman–Crippen LogP) is 4.20. The summed E-state index contributed by atoms with van der Waals surface area (Å²) in [5, 5.41) is 0. The van der Waals surface area contributed by atoms with Gasteiger partial charge in [0.1, 0.15) is 11.7 Å². The van der Waals surface area contributed by atoms with Gasteiger partial charge in [0.15, 0.2) is 5.78 Å². The molecule has 0 fully saturated rings. The lowest BCUT2D eigenvalue weighted by atomic mass is 9.72. The van der Waals surface area contributed by atoms with E-state index in [2.05, 4.69) is 20.9 Å². The fourth-order valence-electron chi connectivity index (χ4n) is 3.78. The normalized spacial score (nSPS) is 22.6. The van der Waals surface area contributed by atoms with Crippen molar-refractivity contribution in [1.82, 2.24) is 0 Å². The molecule has 1 aromatic rings. The molecule has 1 aliphatic heterocycles. The first-order chi connectivity index (χ1) is 12.5. The predicted molar refractivity (Wildman–Crippen MR) is 103 cm³/mol. The maximum absolute atomic E-state index is 12.7. The fraction of sp³-hybridized carbons (Fsp3) is 0.450. The Morgan fingerprint density at radius 2 is 2.12 bits per heavy atom. The molecule has 26 heavy (non-hydrogen) atoms. The van der Waals surface area contributed by atoms with Crippen molar-refractivity contribution in [3.8, 4) is 5.75 Å². The van der Waals surface area contributed by atoms with Gasteiger partial charge in [-0.1, -0.05) is 6.07 Å². The van der Waals surface area contributed by atoms with Crippen molar-refractivity contribution in [3.63, 3.8) is 0 Å². The Balaban J connectivity index is 2.15. The Morgan fingerprint density at radius 1 is 1.35 bits per heavy atom. The second-order valence-corrected chi connectivity index (χ2v) is 7.35. The van der Waals surface area contributed by atoms with E-state index >= 15 is 0 Å². The molecule has 1 aromatic carbocycles. The fourth-order valence-corrected chi connectivity index (χ4v) is 4.34. The monoisotopic (exact) mass is 419 g/mol. The van der Waals surface area contributed by atoms with Gasteiger partial charge in [0, 0.05) is 29.3 Å². The molecule has 0 aromatic heterocycles. The van der Waals surface area contributed by atoms with Crippen molar-refractivity contribution in [3.05, 3.63) is 39.5 Å². The topological polar surface area (TPSA) is 65.0 Å². The Morgan fingerprint density at radius 3 is 2.77 bits per heavy atom. The van der Waals surface area contributed by atoms with Gasteiger partial charge in [-0.25, -0.2) is 0 Å². The maximum Gasteiger partial charge on any atom is 0.315 e. The van der Waals surface area contributed by atoms with Gasteiger partial charge in [-0.2, -0.15) is 0 Å². The van der Waals surface area contributed by atoms with Gasteiger partial charge in [0.05, 0.1) is 18.2 Å². The molecule has 138 valence electrons. The zero-order valence-corrected chi connectivity index (χ0v) is 16.8. The SMILES string of the molecule is CCOC(=O)C1C(C)=NC2=C(C(=O)CCC2)[C@H]1c1ccc(OC)c(Br)c1. The molecule has 5 nitrogen and oxygen atoms in total. The number of rotatable bonds is 4. The molecular weight excluding hydrogens is 398 g/mol. The number of aliphatic imine (C=N–C) groups is 1. The van der Waals surface area contributed by atoms with Gasteiger partial charge < -0.3 is 9.47 Å². The van der Waals surface area contributed by atoms with Crippen LogP contribution in [0.5, 0.6) is 5.75 Å². The van der Waals surface area contributed by atoms with Crippen molar-refractivity contribution in [2.45, 2.75) is 39.0 Å². The van der Waals surface area contributed by atoms with Gasteiger partial charge in [-0.05, 0) is 60.3 Å². The van der Waals surface area contributed by atoms with Gasteiger partial charge in [-0.3, -0.25) is 14.6 Å². The van der Waals surface area contributed by atoms with E-state index in [4.69, 9.17) is 9.47 Å². The summed E-state index contributed by atoms with van der Waals surface area (Å²) in [6.45, 7) is 3.92. The second-order valence-electron chi connectivity index (χ2n) is 6.49. The van der Waals surface area contributed by atoms with Crippen molar-refractivity contribution in [1.29, 1.82) is 0 Å². The molecule has 0 saturated carbocycles. The lowest BCUT2D eigenvalue weighted by Gasteiger charge is -2.34. The summed E-state index contributed by atoms with van der Waals surface area (Å²) < 4.78 is 11.4. The van der Waals surface area contributed by atoms with Gasteiger partial charge in [-0.15, -0.1) is 0 Å². The van der Waals surface area contributed by atoms with E-state index in [-0.39, 0.29) is 17.7 Å². The summed E-state index contributed by atoms with van der Waals surface area (Å²) in [5.41, 5.74) is 3.06. The van der Waals surface area contributed by atoms with Gasteiger partial charge in [0.2, 0.25) is 0 Å². The third-order valence-electron chi connectivity index (χ3n) is 4.91. The average Bonchev–Trinajstić information content (AvgIpc) is 2.60. The number of ether oxygens (including phenoxy) is 2. The smallest absolute Gasteiger partial charge is 0.315 e. The molecule has 2 atom stereocenters. The van der Waals surface area contributed by atoms with Crippen LogP contribution in [-0.4, -0.2) is 31.2 Å². The van der Waals surface area contributed by atoms with E-state index in [1.165, 1.54) is 0 Å². The summed E-state index contributed by atoms with van der Waals surface area (Å²) in [7, 11) is 1.60. The number of benzene rings is 1. The summed E-state index contributed by atoms with van der Waals surface area (Å²) in [6.07, 6.45) is 2.07. The van der Waals surface area contributed by atoms with Crippen LogP contribution in [0.2, 0.25) is 0 Å². The first-order valence-corrected chi connectivity index (χ1v) is 9.58. The largest absolute Gasteiger partial charge is 0.496 e. The molecule has 0 saturated heterocycles. The Bertz CT molecular complexity index is 812. The lowest BCUT2D eigenvalue weighted by molar-refractivity contribution is -0.146. The zero-order chi connectivity index (χ0) is 18.8. The van der Waals surface area contributed by atoms with Crippen LogP contribution in [0.1, 0.15) is 44.6 Å². The number of nitrogens with zero attached hydrogens (tertiary/aromatic N) is 1. The Kier molecular flexibility index (Phi) is 5.61. The van der Waals surface area contributed by atoms with E-state index in [0.29, 0.717) is 30.1 Å². The first-order valence-electron chi connectivity index (χ1n) is 8.79. The second kappa shape index (κ2) is 7.74. The quantitative estimate of drug-likeness (QED) is 0.685. The van der Waals surface area contributed by atoms with Crippen LogP contribution < -0.4 is 4.74 Å². The number of ketones is 1. The number of esters is 1. The summed E-state index contributed by atoms with van der Waals surface area (Å²) >= 11 is 3.51. The molecular formula is C20H22BrNO4. The maximum atomic E-state index is 12.7. The summed E-state index contributed by atoms with van der Waals surface area (Å²) in [6, 6.07) is 5.67. The van der Waals surface area contributed by atoms with Gasteiger partial charge >= 0.3 is 5.97 Å². The number of hydrogen-bond donors (Lipinski definition) is 0. The van der Waals surface area contributed by atoms with E-state index < -0.39 is 5.92 Å². The highest BCUT2D eigenvalue weighted by Crippen LogP contribution is 2.44. The average molecular weight is 420 g/mol. The molecule has 1 unspecified atom stereocenters. The highest BCUT2D eigenvalue weighted by Gasteiger charge is 2.43. The third-order valence-corrected chi connectivity index (χ3v) is 5.53. The van der Waals surface area contributed by atoms with Crippen LogP contribution in [0.15, 0.2) is 38.9 Å². The number of Topliss-reactive ketones (excluding diaryl/α,β-unsaturated/α-hetero) is 1. The van der Waals surface area contributed by atoms with Crippen molar-refractivity contribution in [2.75, 3.05) is 13.7 Å². The number of carbonyl (C=O) groups is 2. The number of methoxy groups -OCH3 is 1. The van der Waals surface area contributed by atoms with Crippen LogP contribution in [-0.2, 0) is 14.3 Å². The lowest BCUT2D eigenvalue weighted by Crippen LogP contribution is -2.37. The molecule has 2 aliphatic rings. The minimum absolute atomic E-state index is 0.0775. The Hall–Kier alpha value is -1.95.